The summed E-state index contributed by atoms with van der Waals surface area (Å²) < 4.78 is 14.5. The highest BCUT2D eigenvalue weighted by Crippen LogP contribution is 2.19. The van der Waals surface area contributed by atoms with Gasteiger partial charge in [-0.2, -0.15) is 5.10 Å². The van der Waals surface area contributed by atoms with Crippen molar-refractivity contribution in [1.82, 2.24) is 15.1 Å². The van der Waals surface area contributed by atoms with Crippen molar-refractivity contribution in [2.45, 2.75) is 0 Å². The fraction of sp³-hybridized carbons (Fsp3) is 0.150. The molecule has 8 heteroatoms. The van der Waals surface area contributed by atoms with Gasteiger partial charge in [-0.05, 0) is 54.6 Å². The Hall–Kier alpha value is -3.68. The second kappa shape index (κ2) is 7.51. The first-order valence-electron chi connectivity index (χ1n) is 8.83. The third-order valence-corrected chi connectivity index (χ3v) is 4.44. The zero-order chi connectivity index (χ0) is 19.5. The third kappa shape index (κ3) is 3.85. The lowest BCUT2D eigenvalue weighted by Gasteiger charge is -2.28. The van der Waals surface area contributed by atoms with E-state index in [-0.39, 0.29) is 23.3 Å². The fourth-order valence-electron chi connectivity index (χ4n) is 2.99. The van der Waals surface area contributed by atoms with Crippen LogP contribution in [0.4, 0.5) is 15.8 Å². The number of benzene rings is 2. The van der Waals surface area contributed by atoms with Gasteiger partial charge in [0.05, 0.1) is 12.2 Å². The van der Waals surface area contributed by atoms with Crippen molar-refractivity contribution in [3.63, 3.8) is 0 Å². The quantitative estimate of drug-likeness (QED) is 0.728. The van der Waals surface area contributed by atoms with E-state index in [9.17, 15) is 14.0 Å². The second-order valence-electron chi connectivity index (χ2n) is 6.39. The van der Waals surface area contributed by atoms with Crippen LogP contribution < -0.4 is 15.5 Å². The first-order chi connectivity index (χ1) is 13.6. The molecule has 0 radical (unpaired) electrons. The van der Waals surface area contributed by atoms with Gasteiger partial charge in [0.2, 0.25) is 5.91 Å². The molecule has 1 aliphatic rings. The van der Waals surface area contributed by atoms with Crippen LogP contribution >= 0.6 is 0 Å². The van der Waals surface area contributed by atoms with E-state index in [0.29, 0.717) is 24.5 Å². The summed E-state index contributed by atoms with van der Waals surface area (Å²) in [5.41, 5.74) is 2.47. The van der Waals surface area contributed by atoms with Crippen molar-refractivity contribution < 1.29 is 14.0 Å². The fourth-order valence-corrected chi connectivity index (χ4v) is 2.99. The molecule has 2 heterocycles. The Labute approximate surface area is 160 Å². The van der Waals surface area contributed by atoms with E-state index < -0.39 is 0 Å². The van der Waals surface area contributed by atoms with Crippen LogP contribution in [0.2, 0.25) is 0 Å². The topological polar surface area (TPSA) is 79.3 Å². The van der Waals surface area contributed by atoms with E-state index in [1.165, 1.54) is 16.8 Å². The predicted octanol–water partition coefficient (Wildman–Crippen LogP) is 2.20. The van der Waals surface area contributed by atoms with E-state index in [1.54, 1.807) is 36.5 Å². The third-order valence-electron chi connectivity index (χ3n) is 4.44. The highest BCUT2D eigenvalue weighted by Gasteiger charge is 2.16. The van der Waals surface area contributed by atoms with E-state index in [2.05, 4.69) is 15.7 Å². The molecule has 0 saturated carbocycles. The Balaban J connectivity index is 1.42. The van der Waals surface area contributed by atoms with Gasteiger partial charge < -0.3 is 15.5 Å². The Bertz CT molecular complexity index is 998. The van der Waals surface area contributed by atoms with Gasteiger partial charge in [0.25, 0.3) is 5.91 Å². The summed E-state index contributed by atoms with van der Waals surface area (Å²) in [4.78, 5) is 25.9. The van der Waals surface area contributed by atoms with Crippen LogP contribution in [0.15, 0.2) is 60.8 Å². The van der Waals surface area contributed by atoms with E-state index >= 15 is 0 Å². The van der Waals surface area contributed by atoms with Crippen LogP contribution in [0.3, 0.4) is 0 Å². The Morgan fingerprint density at radius 2 is 1.75 bits per heavy atom. The van der Waals surface area contributed by atoms with E-state index in [4.69, 9.17) is 0 Å². The van der Waals surface area contributed by atoms with Crippen LogP contribution in [-0.2, 0) is 4.79 Å². The largest absolute Gasteiger partial charge is 0.360 e. The highest BCUT2D eigenvalue weighted by molar-refractivity contribution is 6.02. The van der Waals surface area contributed by atoms with Crippen molar-refractivity contribution >= 4 is 23.2 Å². The number of rotatable bonds is 4. The summed E-state index contributed by atoms with van der Waals surface area (Å²) in [6, 6.07) is 14.8. The average Bonchev–Trinajstić information content (AvgIpc) is 3.19. The van der Waals surface area contributed by atoms with Crippen molar-refractivity contribution in [3.05, 3.63) is 72.3 Å². The van der Waals surface area contributed by atoms with Gasteiger partial charge in [-0.3, -0.25) is 9.59 Å². The first kappa shape index (κ1) is 17.7. The maximum absolute atomic E-state index is 13.0. The van der Waals surface area contributed by atoms with Crippen LogP contribution in [0.25, 0.3) is 5.69 Å². The van der Waals surface area contributed by atoms with Gasteiger partial charge in [0.1, 0.15) is 5.82 Å². The second-order valence-corrected chi connectivity index (χ2v) is 6.39. The molecule has 3 aromatic rings. The number of carbonyl (C=O) groups is 2. The number of anilines is 2. The molecule has 2 amide bonds. The zero-order valence-corrected chi connectivity index (χ0v) is 14.9. The zero-order valence-electron chi connectivity index (χ0n) is 14.9. The lowest BCUT2D eigenvalue weighted by atomic mass is 10.2. The number of aromatic nitrogens is 2. The van der Waals surface area contributed by atoms with Gasteiger partial charge in [0.15, 0.2) is 5.69 Å². The maximum Gasteiger partial charge on any atom is 0.276 e. The molecule has 0 unspecified atom stereocenters. The minimum absolute atomic E-state index is 0.000343. The summed E-state index contributed by atoms with van der Waals surface area (Å²) in [6.07, 6.45) is 1.65. The highest BCUT2D eigenvalue weighted by atomic mass is 19.1. The lowest BCUT2D eigenvalue weighted by Crippen LogP contribution is -2.47. The minimum Gasteiger partial charge on any atom is -0.360 e. The van der Waals surface area contributed by atoms with Gasteiger partial charge in [-0.25, -0.2) is 9.07 Å². The Morgan fingerprint density at radius 3 is 2.46 bits per heavy atom. The summed E-state index contributed by atoms with van der Waals surface area (Å²) in [6.45, 7) is 1.69. The standard InChI is InChI=1S/C20H18FN5O2/c21-14-1-5-17(6-2-14)26-11-9-18(24-26)20(28)23-15-3-7-16(8-4-15)25-12-10-22-19(27)13-25/h1-9,11H,10,12-13H2,(H,22,27)(H,23,28). The Morgan fingerprint density at radius 1 is 1.04 bits per heavy atom. The van der Waals surface area contributed by atoms with E-state index in [0.717, 1.165) is 12.2 Å². The molecule has 0 atom stereocenters. The number of nitrogens with zero attached hydrogens (tertiary/aromatic N) is 3. The number of hydrogen-bond donors (Lipinski definition) is 2. The molecule has 1 saturated heterocycles. The van der Waals surface area contributed by atoms with Crippen molar-refractivity contribution in [2.24, 2.45) is 0 Å². The molecule has 4 rings (SSSR count). The number of halogens is 1. The summed E-state index contributed by atoms with van der Waals surface area (Å²) in [7, 11) is 0. The van der Waals surface area contributed by atoms with Crippen LogP contribution in [0.5, 0.6) is 0 Å². The van der Waals surface area contributed by atoms with E-state index in [1.807, 2.05) is 17.0 Å². The predicted molar refractivity (Wildman–Crippen MR) is 103 cm³/mol. The number of hydrogen-bond acceptors (Lipinski definition) is 4. The van der Waals surface area contributed by atoms with Crippen LogP contribution in [-0.4, -0.2) is 41.2 Å². The molecule has 0 aliphatic carbocycles. The first-order valence-corrected chi connectivity index (χ1v) is 8.83. The Kier molecular flexibility index (Phi) is 4.76. The van der Waals surface area contributed by atoms with Crippen molar-refractivity contribution in [3.8, 4) is 5.69 Å². The van der Waals surface area contributed by atoms with Crippen LogP contribution in [0.1, 0.15) is 10.5 Å². The molecule has 0 spiro atoms. The molecule has 1 aliphatic heterocycles. The SMILES string of the molecule is O=C1CN(c2ccc(NC(=O)c3ccn(-c4ccc(F)cc4)n3)cc2)CCN1. The molecule has 1 aromatic heterocycles. The number of carbonyl (C=O) groups excluding carboxylic acids is 2. The molecule has 2 N–H and O–H groups in total. The normalized spacial score (nSPS) is 13.9. The molecular weight excluding hydrogens is 361 g/mol. The smallest absolute Gasteiger partial charge is 0.276 e. The minimum atomic E-state index is -0.342. The van der Waals surface area contributed by atoms with Crippen molar-refractivity contribution in [2.75, 3.05) is 29.9 Å². The molecule has 1 fully saturated rings. The monoisotopic (exact) mass is 379 g/mol. The average molecular weight is 379 g/mol. The van der Waals surface area contributed by atoms with Crippen LogP contribution in [0, 0.1) is 5.82 Å². The van der Waals surface area contributed by atoms with Gasteiger partial charge in [0, 0.05) is 30.7 Å². The van der Waals surface area contributed by atoms with Crippen molar-refractivity contribution in [1.29, 1.82) is 0 Å². The molecule has 142 valence electrons. The molecule has 2 aromatic carbocycles. The van der Waals surface area contributed by atoms with Gasteiger partial charge in [-0.1, -0.05) is 0 Å². The molecular formula is C20H18FN5O2. The summed E-state index contributed by atoms with van der Waals surface area (Å²) in [5, 5.41) is 9.82. The molecule has 0 bridgehead atoms. The number of nitrogens with one attached hydrogen (secondary N) is 2. The number of piperazine rings is 1. The van der Waals surface area contributed by atoms with Gasteiger partial charge in [-0.15, -0.1) is 0 Å². The van der Waals surface area contributed by atoms with Gasteiger partial charge >= 0.3 is 0 Å². The molecule has 28 heavy (non-hydrogen) atoms. The summed E-state index contributed by atoms with van der Waals surface area (Å²) in [5.74, 6) is -0.672. The molecule has 7 nitrogen and oxygen atoms in total. The maximum atomic E-state index is 13.0. The number of amides is 2. The summed E-state index contributed by atoms with van der Waals surface area (Å²) >= 11 is 0. The lowest BCUT2D eigenvalue weighted by molar-refractivity contribution is -0.120.